The van der Waals surface area contributed by atoms with E-state index in [4.69, 9.17) is 23.2 Å². The molecular weight excluding hydrogens is 354 g/mol. The molecule has 0 unspecified atom stereocenters. The first kappa shape index (κ1) is 12.2. The Morgan fingerprint density at radius 1 is 0.938 bits per heavy atom. The van der Waals surface area contributed by atoms with Crippen molar-refractivity contribution < 1.29 is 0 Å². The first-order chi connectivity index (χ1) is 7.56. The van der Waals surface area contributed by atoms with E-state index in [9.17, 15) is 0 Å². The fourth-order valence-electron chi connectivity index (χ4n) is 1.66. The maximum atomic E-state index is 6.00. The summed E-state index contributed by atoms with van der Waals surface area (Å²) in [5.41, 5.74) is 3.46. The number of rotatable bonds is 1. The number of aryl methyl sites for hydroxylation is 1. The first-order valence-corrected chi connectivity index (χ1v) is 6.62. The number of hydrogen-bond acceptors (Lipinski definition) is 0. The van der Waals surface area contributed by atoms with E-state index >= 15 is 0 Å². The molecule has 0 N–H and O–H groups in total. The molecule has 3 heteroatoms. The van der Waals surface area contributed by atoms with Crippen LogP contribution < -0.4 is 0 Å². The van der Waals surface area contributed by atoms with Gasteiger partial charge in [0.15, 0.2) is 0 Å². The second-order valence-electron chi connectivity index (χ2n) is 3.62. The van der Waals surface area contributed by atoms with E-state index in [0.717, 1.165) is 5.56 Å². The summed E-state index contributed by atoms with van der Waals surface area (Å²) in [5.74, 6) is 0. The molecule has 0 aliphatic heterocycles. The summed E-state index contributed by atoms with van der Waals surface area (Å²) >= 11 is 14.3. The SMILES string of the molecule is Cc1cc(I)ccc1-c1cc(Cl)cc(Cl)c1. The molecule has 0 atom stereocenters. The van der Waals surface area contributed by atoms with E-state index in [1.54, 1.807) is 6.07 Å². The zero-order chi connectivity index (χ0) is 11.7. The molecule has 16 heavy (non-hydrogen) atoms. The average Bonchev–Trinajstić information content (AvgIpc) is 2.15. The van der Waals surface area contributed by atoms with Gasteiger partial charge >= 0.3 is 0 Å². The van der Waals surface area contributed by atoms with Gasteiger partial charge in [-0.05, 0) is 76.5 Å². The Kier molecular flexibility index (Phi) is 3.77. The van der Waals surface area contributed by atoms with Crippen molar-refractivity contribution in [3.8, 4) is 11.1 Å². The second kappa shape index (κ2) is 4.94. The Hall–Kier alpha value is -0.250. The van der Waals surface area contributed by atoms with Gasteiger partial charge in [-0.15, -0.1) is 0 Å². The van der Waals surface area contributed by atoms with Crippen LogP contribution in [-0.2, 0) is 0 Å². The predicted octanol–water partition coefficient (Wildman–Crippen LogP) is 5.57. The summed E-state index contributed by atoms with van der Waals surface area (Å²) in [7, 11) is 0. The molecule has 0 nitrogen and oxygen atoms in total. The van der Waals surface area contributed by atoms with Gasteiger partial charge in [-0.25, -0.2) is 0 Å². The molecule has 0 heterocycles. The standard InChI is InChI=1S/C13H9Cl2I/c1-8-4-12(16)2-3-13(8)9-5-10(14)7-11(15)6-9/h2-7H,1H3. The molecule has 0 amide bonds. The Labute approximate surface area is 119 Å². The molecule has 2 aromatic rings. The summed E-state index contributed by atoms with van der Waals surface area (Å²) in [6.07, 6.45) is 0. The summed E-state index contributed by atoms with van der Waals surface area (Å²) < 4.78 is 1.23. The lowest BCUT2D eigenvalue weighted by atomic mass is 10.0. The normalized spacial score (nSPS) is 10.5. The van der Waals surface area contributed by atoms with Gasteiger partial charge < -0.3 is 0 Å². The zero-order valence-corrected chi connectivity index (χ0v) is 12.3. The molecule has 0 radical (unpaired) electrons. The molecule has 82 valence electrons. The van der Waals surface area contributed by atoms with Gasteiger partial charge in [-0.3, -0.25) is 0 Å². The molecule has 2 aromatic carbocycles. The van der Waals surface area contributed by atoms with Crippen molar-refractivity contribution in [1.29, 1.82) is 0 Å². The lowest BCUT2D eigenvalue weighted by molar-refractivity contribution is 1.44. The Morgan fingerprint density at radius 3 is 2.12 bits per heavy atom. The molecule has 2 rings (SSSR count). The van der Waals surface area contributed by atoms with Gasteiger partial charge in [0, 0.05) is 13.6 Å². The third-order valence-electron chi connectivity index (χ3n) is 2.36. The second-order valence-corrected chi connectivity index (χ2v) is 5.74. The van der Waals surface area contributed by atoms with Crippen molar-refractivity contribution in [2.75, 3.05) is 0 Å². The first-order valence-electron chi connectivity index (χ1n) is 4.79. The van der Waals surface area contributed by atoms with E-state index in [1.807, 2.05) is 12.1 Å². The van der Waals surface area contributed by atoms with Gasteiger partial charge in [0.1, 0.15) is 0 Å². The monoisotopic (exact) mass is 362 g/mol. The van der Waals surface area contributed by atoms with Crippen LogP contribution in [0.15, 0.2) is 36.4 Å². The van der Waals surface area contributed by atoms with Crippen molar-refractivity contribution in [3.05, 3.63) is 55.6 Å². The van der Waals surface area contributed by atoms with Crippen molar-refractivity contribution >= 4 is 45.8 Å². The third-order valence-corrected chi connectivity index (χ3v) is 3.47. The summed E-state index contributed by atoms with van der Waals surface area (Å²) in [5, 5.41) is 1.33. The number of benzene rings is 2. The summed E-state index contributed by atoms with van der Waals surface area (Å²) in [6, 6.07) is 11.9. The van der Waals surface area contributed by atoms with Crippen LogP contribution in [0, 0.1) is 10.5 Å². The number of hydrogen-bond donors (Lipinski definition) is 0. The molecular formula is C13H9Cl2I. The molecule has 0 saturated carbocycles. The van der Waals surface area contributed by atoms with Crippen LogP contribution in [0.5, 0.6) is 0 Å². The summed E-state index contributed by atoms with van der Waals surface area (Å²) in [6.45, 7) is 2.09. The smallest absolute Gasteiger partial charge is 0.0426 e. The van der Waals surface area contributed by atoms with E-state index in [2.05, 4.69) is 47.7 Å². The van der Waals surface area contributed by atoms with Gasteiger partial charge in [-0.1, -0.05) is 29.3 Å². The highest BCUT2D eigenvalue weighted by molar-refractivity contribution is 14.1. The third kappa shape index (κ3) is 2.70. The van der Waals surface area contributed by atoms with E-state index < -0.39 is 0 Å². The Morgan fingerprint density at radius 2 is 1.56 bits per heavy atom. The average molecular weight is 363 g/mol. The minimum Gasteiger partial charge on any atom is -0.0843 e. The van der Waals surface area contributed by atoms with Gasteiger partial charge in [0.2, 0.25) is 0 Å². The van der Waals surface area contributed by atoms with Crippen LogP contribution in [0.4, 0.5) is 0 Å². The van der Waals surface area contributed by atoms with Crippen LogP contribution in [0.2, 0.25) is 10.0 Å². The van der Waals surface area contributed by atoms with Gasteiger partial charge in [0.05, 0.1) is 0 Å². The maximum Gasteiger partial charge on any atom is 0.0426 e. The fraction of sp³-hybridized carbons (Fsp3) is 0.0769. The van der Waals surface area contributed by atoms with E-state index in [1.165, 1.54) is 14.7 Å². The van der Waals surface area contributed by atoms with Crippen LogP contribution >= 0.6 is 45.8 Å². The molecule has 0 spiro atoms. The van der Waals surface area contributed by atoms with Crippen molar-refractivity contribution in [3.63, 3.8) is 0 Å². The lowest BCUT2D eigenvalue weighted by Gasteiger charge is -2.07. The highest BCUT2D eigenvalue weighted by Crippen LogP contribution is 2.30. The number of halogens is 3. The highest BCUT2D eigenvalue weighted by atomic mass is 127. The molecule has 0 aliphatic rings. The molecule has 0 aromatic heterocycles. The molecule has 0 bridgehead atoms. The van der Waals surface area contributed by atoms with E-state index in [-0.39, 0.29) is 0 Å². The lowest BCUT2D eigenvalue weighted by Crippen LogP contribution is -1.84. The van der Waals surface area contributed by atoms with Crippen LogP contribution in [0.25, 0.3) is 11.1 Å². The summed E-state index contributed by atoms with van der Waals surface area (Å²) in [4.78, 5) is 0. The van der Waals surface area contributed by atoms with Crippen LogP contribution in [0.3, 0.4) is 0 Å². The quantitative estimate of drug-likeness (QED) is 0.581. The van der Waals surface area contributed by atoms with E-state index in [0.29, 0.717) is 10.0 Å². The highest BCUT2D eigenvalue weighted by Gasteiger charge is 2.04. The minimum atomic E-state index is 0.667. The maximum absolute atomic E-state index is 6.00. The van der Waals surface area contributed by atoms with Gasteiger partial charge in [-0.2, -0.15) is 0 Å². The minimum absolute atomic E-state index is 0.667. The van der Waals surface area contributed by atoms with Crippen molar-refractivity contribution in [2.45, 2.75) is 6.92 Å². The van der Waals surface area contributed by atoms with Crippen molar-refractivity contribution in [2.24, 2.45) is 0 Å². The Bertz CT molecular complexity index is 515. The molecule has 0 fully saturated rings. The fourth-order valence-corrected chi connectivity index (χ4v) is 2.83. The van der Waals surface area contributed by atoms with Gasteiger partial charge in [0.25, 0.3) is 0 Å². The predicted molar refractivity (Wildman–Crippen MR) is 79.4 cm³/mol. The zero-order valence-electron chi connectivity index (χ0n) is 8.60. The topological polar surface area (TPSA) is 0 Å². The van der Waals surface area contributed by atoms with Crippen LogP contribution in [0.1, 0.15) is 5.56 Å². The molecule has 0 saturated heterocycles. The molecule has 0 aliphatic carbocycles. The largest absolute Gasteiger partial charge is 0.0843 e. The van der Waals surface area contributed by atoms with Crippen molar-refractivity contribution in [1.82, 2.24) is 0 Å². The van der Waals surface area contributed by atoms with Crippen LogP contribution in [-0.4, -0.2) is 0 Å². The Balaban J connectivity index is 2.58.